The second kappa shape index (κ2) is 9.14. The van der Waals surface area contributed by atoms with Gasteiger partial charge < -0.3 is 0 Å². The van der Waals surface area contributed by atoms with Crippen molar-refractivity contribution in [3.63, 3.8) is 0 Å². The van der Waals surface area contributed by atoms with E-state index in [0.29, 0.717) is 21.2 Å². The summed E-state index contributed by atoms with van der Waals surface area (Å²) in [4.78, 5) is 13.5. The fourth-order valence-corrected chi connectivity index (χ4v) is 6.52. The van der Waals surface area contributed by atoms with E-state index in [-0.39, 0.29) is 21.8 Å². The molecule has 6 nitrogen and oxygen atoms in total. The largest absolute Gasteiger partial charge is 0.284 e. The van der Waals surface area contributed by atoms with Crippen LogP contribution in [0.1, 0.15) is 34.3 Å². The molecule has 0 saturated carbocycles. The molecule has 2 heterocycles. The molecular formula is C27H19Cl2N3O3S. The Morgan fingerprint density at radius 3 is 2.00 bits per heavy atom. The Morgan fingerprint density at radius 1 is 0.833 bits per heavy atom. The van der Waals surface area contributed by atoms with Crippen molar-refractivity contribution in [3.8, 4) is 6.07 Å². The molecule has 1 aromatic heterocycles. The Hall–Kier alpha value is -3.57. The molecule has 36 heavy (non-hydrogen) atoms. The molecule has 0 fully saturated rings. The minimum atomic E-state index is -4.21. The number of aryl methyl sites for hydroxylation is 1. The summed E-state index contributed by atoms with van der Waals surface area (Å²) in [5, 5.41) is 10.4. The summed E-state index contributed by atoms with van der Waals surface area (Å²) in [7, 11) is -4.21. The van der Waals surface area contributed by atoms with Gasteiger partial charge in [-0.1, -0.05) is 59.6 Å². The Kier molecular flexibility index (Phi) is 6.13. The predicted molar refractivity (Wildman–Crippen MR) is 140 cm³/mol. The van der Waals surface area contributed by atoms with E-state index in [1.807, 2.05) is 6.07 Å². The van der Waals surface area contributed by atoms with E-state index in [4.69, 9.17) is 23.2 Å². The molecule has 2 atom stereocenters. The number of halogens is 2. The maximum atomic E-state index is 14.2. The van der Waals surface area contributed by atoms with Gasteiger partial charge in [-0.3, -0.25) is 9.36 Å². The zero-order valence-corrected chi connectivity index (χ0v) is 21.3. The fourth-order valence-electron chi connectivity index (χ4n) is 4.59. The van der Waals surface area contributed by atoms with Crippen molar-refractivity contribution < 1.29 is 8.42 Å². The zero-order valence-electron chi connectivity index (χ0n) is 19.0. The van der Waals surface area contributed by atoms with Crippen molar-refractivity contribution in [3.05, 3.63) is 128 Å². The Bertz CT molecular complexity index is 1680. The highest BCUT2D eigenvalue weighted by atomic mass is 35.5. The number of sulfonamides is 1. The van der Waals surface area contributed by atoms with Gasteiger partial charge in [0.2, 0.25) is 0 Å². The molecule has 9 heteroatoms. The number of pyridine rings is 1. The van der Waals surface area contributed by atoms with Crippen LogP contribution >= 0.6 is 23.2 Å². The van der Waals surface area contributed by atoms with Crippen LogP contribution in [0.2, 0.25) is 10.0 Å². The number of fused-ring (bicyclic) bond motifs is 1. The standard InChI is InChI=1S/C27H19Cl2N3O3S/c1-17-5-14-24-31(27(17)33)25(19-6-10-21(28)11-7-19)26(20-8-12-22(29)13-9-20)32(24)36(34,35)23-4-2-3-18(15-23)16-30/h2-15,25-26H,1H3. The van der Waals surface area contributed by atoms with Gasteiger partial charge in [-0.25, -0.2) is 12.7 Å². The molecule has 4 aromatic rings. The summed E-state index contributed by atoms with van der Waals surface area (Å²) in [6.45, 7) is 1.69. The molecular weight excluding hydrogens is 517 g/mol. The van der Waals surface area contributed by atoms with E-state index in [1.165, 1.54) is 33.1 Å². The van der Waals surface area contributed by atoms with Gasteiger partial charge in [0.15, 0.2) is 0 Å². The molecule has 1 aliphatic rings. The van der Waals surface area contributed by atoms with Crippen LogP contribution in [0, 0.1) is 18.3 Å². The van der Waals surface area contributed by atoms with Crippen molar-refractivity contribution >= 4 is 39.0 Å². The molecule has 0 aliphatic carbocycles. The molecule has 0 saturated heterocycles. The van der Waals surface area contributed by atoms with Crippen LogP contribution < -0.4 is 9.86 Å². The SMILES string of the molecule is Cc1ccc2n(c1=O)C(c1ccc(Cl)cc1)C(c1ccc(Cl)cc1)N2S(=O)(=O)c1cccc(C#N)c1. The van der Waals surface area contributed by atoms with Crippen molar-refractivity contribution in [2.24, 2.45) is 0 Å². The number of anilines is 1. The maximum absolute atomic E-state index is 14.2. The first kappa shape index (κ1) is 24.1. The minimum absolute atomic E-state index is 0.0446. The smallest absolute Gasteiger partial charge is 0.266 e. The summed E-state index contributed by atoms with van der Waals surface area (Å²) < 4.78 is 31.2. The fraction of sp³-hybridized carbons (Fsp3) is 0.111. The van der Waals surface area contributed by atoms with Gasteiger partial charge in [-0.05, 0) is 66.6 Å². The van der Waals surface area contributed by atoms with Crippen LogP contribution in [0.3, 0.4) is 0 Å². The van der Waals surface area contributed by atoms with Gasteiger partial charge in [0.05, 0.1) is 28.6 Å². The highest BCUT2D eigenvalue weighted by Crippen LogP contribution is 2.49. The lowest BCUT2D eigenvalue weighted by atomic mass is 9.94. The molecule has 0 radical (unpaired) electrons. The Labute approximate surface area is 218 Å². The quantitative estimate of drug-likeness (QED) is 0.327. The van der Waals surface area contributed by atoms with Gasteiger partial charge in [0, 0.05) is 15.6 Å². The lowest BCUT2D eigenvalue weighted by molar-refractivity contribution is 0.528. The average Bonchev–Trinajstić information content (AvgIpc) is 3.24. The van der Waals surface area contributed by atoms with E-state index in [2.05, 4.69) is 0 Å². The first-order valence-corrected chi connectivity index (χ1v) is 13.2. The minimum Gasteiger partial charge on any atom is -0.284 e. The third-order valence-electron chi connectivity index (χ3n) is 6.28. The molecule has 180 valence electrons. The number of hydrogen-bond acceptors (Lipinski definition) is 4. The monoisotopic (exact) mass is 535 g/mol. The summed E-state index contributed by atoms with van der Waals surface area (Å²) >= 11 is 12.3. The van der Waals surface area contributed by atoms with E-state index < -0.39 is 22.1 Å². The summed E-state index contributed by atoms with van der Waals surface area (Å²) in [6, 6.07) is 23.5. The molecule has 3 aromatic carbocycles. The molecule has 1 aliphatic heterocycles. The summed E-state index contributed by atoms with van der Waals surface area (Å²) in [5.41, 5.74) is 1.78. The first-order valence-electron chi connectivity index (χ1n) is 11.0. The van der Waals surface area contributed by atoms with E-state index in [9.17, 15) is 18.5 Å². The van der Waals surface area contributed by atoms with Crippen LogP contribution in [0.15, 0.2) is 94.6 Å². The summed E-state index contributed by atoms with van der Waals surface area (Å²) in [5.74, 6) is 0.230. The molecule has 5 rings (SSSR count). The van der Waals surface area contributed by atoms with E-state index in [1.54, 1.807) is 67.6 Å². The number of rotatable bonds is 4. The normalized spacial score (nSPS) is 17.0. The molecule has 0 N–H and O–H groups in total. The highest BCUT2D eigenvalue weighted by Gasteiger charge is 2.47. The Balaban J connectivity index is 1.84. The third kappa shape index (κ3) is 3.97. The van der Waals surface area contributed by atoms with Crippen molar-refractivity contribution in [2.75, 3.05) is 4.31 Å². The second-order valence-electron chi connectivity index (χ2n) is 8.48. The Morgan fingerprint density at radius 2 is 1.42 bits per heavy atom. The van der Waals surface area contributed by atoms with Crippen molar-refractivity contribution in [1.29, 1.82) is 5.26 Å². The first-order chi connectivity index (χ1) is 17.2. The third-order valence-corrected chi connectivity index (χ3v) is 8.57. The average molecular weight is 536 g/mol. The molecule has 0 amide bonds. The zero-order chi connectivity index (χ0) is 25.6. The van der Waals surface area contributed by atoms with Crippen LogP contribution in [0.4, 0.5) is 5.82 Å². The molecule has 0 bridgehead atoms. The van der Waals surface area contributed by atoms with Crippen LogP contribution in [0.25, 0.3) is 0 Å². The maximum Gasteiger partial charge on any atom is 0.266 e. The van der Waals surface area contributed by atoms with E-state index in [0.717, 1.165) is 5.56 Å². The summed E-state index contributed by atoms with van der Waals surface area (Å²) in [6.07, 6.45) is 0. The molecule has 0 spiro atoms. The number of nitrogens with zero attached hydrogens (tertiary/aromatic N) is 3. The predicted octanol–water partition coefficient (Wildman–Crippen LogP) is 5.87. The lowest BCUT2D eigenvalue weighted by Gasteiger charge is -2.29. The number of nitriles is 1. The lowest BCUT2D eigenvalue weighted by Crippen LogP contribution is -2.33. The van der Waals surface area contributed by atoms with Crippen molar-refractivity contribution in [2.45, 2.75) is 23.9 Å². The van der Waals surface area contributed by atoms with Crippen LogP contribution in [-0.2, 0) is 10.0 Å². The van der Waals surface area contributed by atoms with Gasteiger partial charge in [-0.2, -0.15) is 5.26 Å². The van der Waals surface area contributed by atoms with Gasteiger partial charge >= 0.3 is 0 Å². The van der Waals surface area contributed by atoms with Crippen LogP contribution in [0.5, 0.6) is 0 Å². The number of hydrogen-bond donors (Lipinski definition) is 0. The second-order valence-corrected chi connectivity index (χ2v) is 11.2. The number of aromatic nitrogens is 1. The number of benzene rings is 3. The topological polar surface area (TPSA) is 83.2 Å². The van der Waals surface area contributed by atoms with Crippen molar-refractivity contribution in [1.82, 2.24) is 4.57 Å². The van der Waals surface area contributed by atoms with Crippen LogP contribution in [-0.4, -0.2) is 13.0 Å². The van der Waals surface area contributed by atoms with E-state index >= 15 is 0 Å². The molecule has 2 unspecified atom stereocenters. The van der Waals surface area contributed by atoms with Gasteiger partial charge in [0.25, 0.3) is 15.6 Å². The highest BCUT2D eigenvalue weighted by molar-refractivity contribution is 7.92. The van der Waals surface area contributed by atoms with Gasteiger partial charge in [0.1, 0.15) is 5.82 Å². The van der Waals surface area contributed by atoms with Gasteiger partial charge in [-0.15, -0.1) is 0 Å².